The molecule has 0 aliphatic carbocycles. The Balaban J connectivity index is 1.44. The van der Waals surface area contributed by atoms with Crippen molar-refractivity contribution in [1.82, 2.24) is 15.2 Å². The molecule has 3 N–H and O–H groups in total. The molecule has 12 heteroatoms. The van der Waals surface area contributed by atoms with Crippen LogP contribution in [0.4, 0.5) is 8.78 Å². The van der Waals surface area contributed by atoms with Crippen molar-refractivity contribution in [2.24, 2.45) is 5.92 Å². The van der Waals surface area contributed by atoms with Crippen molar-refractivity contribution in [3.8, 4) is 11.5 Å². The van der Waals surface area contributed by atoms with Crippen LogP contribution in [0, 0.1) is 5.92 Å². The van der Waals surface area contributed by atoms with Crippen molar-refractivity contribution >= 4 is 23.5 Å². The fraction of sp³-hybridized carbons (Fsp3) is 0.350. The molecule has 3 unspecified atom stereocenters. The minimum atomic E-state index is -3.76. The average Bonchev–Trinajstić information content (AvgIpc) is 3.02. The Kier molecular flexibility index (Phi) is 5.65. The summed E-state index contributed by atoms with van der Waals surface area (Å²) >= 11 is 5.84. The first-order valence-corrected chi connectivity index (χ1v) is 9.93. The van der Waals surface area contributed by atoms with E-state index in [4.69, 9.17) is 11.6 Å². The van der Waals surface area contributed by atoms with Gasteiger partial charge in [0, 0.05) is 12.2 Å². The van der Waals surface area contributed by atoms with Crippen LogP contribution in [0.1, 0.15) is 24.1 Å². The number of aromatic nitrogens is 1. The molecule has 4 atom stereocenters. The Hall–Kier alpha value is -3.02. The summed E-state index contributed by atoms with van der Waals surface area (Å²) in [6.45, 7) is 1.61. The molecule has 32 heavy (non-hydrogen) atoms. The molecule has 0 bridgehead atoms. The van der Waals surface area contributed by atoms with E-state index in [9.17, 15) is 28.6 Å². The highest BCUT2D eigenvalue weighted by atomic mass is 35.5. The summed E-state index contributed by atoms with van der Waals surface area (Å²) in [4.78, 5) is 29.1. The number of halogens is 3. The van der Waals surface area contributed by atoms with Crippen molar-refractivity contribution in [1.29, 1.82) is 0 Å². The van der Waals surface area contributed by atoms with E-state index in [1.165, 1.54) is 30.5 Å². The van der Waals surface area contributed by atoms with Crippen molar-refractivity contribution in [2.75, 3.05) is 0 Å². The van der Waals surface area contributed by atoms with Gasteiger partial charge in [-0.05, 0) is 48.7 Å². The molecule has 0 radical (unpaired) electrons. The number of likely N-dealkylation sites (tertiary alicyclic amines) is 1. The van der Waals surface area contributed by atoms with Crippen LogP contribution in [0.15, 0.2) is 36.5 Å². The summed E-state index contributed by atoms with van der Waals surface area (Å²) in [7, 11) is 0. The molecule has 1 aromatic heterocycles. The van der Waals surface area contributed by atoms with Gasteiger partial charge < -0.3 is 19.7 Å². The third-order valence-electron chi connectivity index (χ3n) is 5.34. The molecule has 1 aromatic carbocycles. The molecular weight excluding hydrogens is 452 g/mol. The summed E-state index contributed by atoms with van der Waals surface area (Å²) in [6, 6.07) is 5.34. The summed E-state index contributed by atoms with van der Waals surface area (Å²) in [6.07, 6.45) is -3.81. The standard InChI is InChI=1S/C20H18ClF2N3O6/c1-9(11-2-3-13-14(8-11)32-20(22,23)31-13)25-19(30)26-16(18(28)29)12(17(26)27)6-10-4-5-24-15(21)7-10/h2-5,7-9,12,16,19,25,30H,6H2,1H3,(H,28,29)/t9?,12-,16?,19?/m1/s1. The van der Waals surface area contributed by atoms with E-state index in [1.807, 2.05) is 0 Å². The Morgan fingerprint density at radius 2 is 2.03 bits per heavy atom. The summed E-state index contributed by atoms with van der Waals surface area (Å²) in [5, 5.41) is 23.0. The van der Waals surface area contributed by atoms with Crippen LogP contribution < -0.4 is 14.8 Å². The van der Waals surface area contributed by atoms with Gasteiger partial charge >= 0.3 is 12.3 Å². The van der Waals surface area contributed by atoms with Crippen LogP contribution in [0.3, 0.4) is 0 Å². The van der Waals surface area contributed by atoms with Crippen LogP contribution in [0.25, 0.3) is 0 Å². The molecule has 1 amide bonds. The van der Waals surface area contributed by atoms with E-state index in [0.29, 0.717) is 11.1 Å². The maximum atomic E-state index is 13.2. The Bertz CT molecular complexity index is 1070. The zero-order valence-corrected chi connectivity index (χ0v) is 17.3. The number of benzene rings is 1. The highest BCUT2D eigenvalue weighted by Gasteiger charge is 2.54. The molecule has 170 valence electrons. The fourth-order valence-electron chi connectivity index (χ4n) is 3.80. The second kappa shape index (κ2) is 8.15. The molecule has 1 saturated heterocycles. The SMILES string of the molecule is CC(NC(O)N1C(=O)[C@H](Cc2ccnc(Cl)c2)C1C(=O)O)c1ccc2c(c1)OC(F)(F)O2. The number of hydrogen-bond donors (Lipinski definition) is 3. The van der Waals surface area contributed by atoms with Gasteiger partial charge in [-0.2, -0.15) is 0 Å². The van der Waals surface area contributed by atoms with Gasteiger partial charge in [0.15, 0.2) is 17.9 Å². The lowest BCUT2D eigenvalue weighted by Crippen LogP contribution is -2.70. The number of aliphatic hydroxyl groups excluding tert-OH is 1. The molecular formula is C20H18ClF2N3O6. The largest absolute Gasteiger partial charge is 0.586 e. The molecule has 1 fully saturated rings. The van der Waals surface area contributed by atoms with E-state index in [-0.39, 0.29) is 23.1 Å². The minimum absolute atomic E-state index is 0.118. The Labute approximate surface area is 185 Å². The lowest BCUT2D eigenvalue weighted by Gasteiger charge is -2.47. The lowest BCUT2D eigenvalue weighted by atomic mass is 9.82. The first-order valence-electron chi connectivity index (χ1n) is 9.55. The van der Waals surface area contributed by atoms with E-state index in [0.717, 1.165) is 4.90 Å². The summed E-state index contributed by atoms with van der Waals surface area (Å²) < 4.78 is 35.2. The van der Waals surface area contributed by atoms with Crippen LogP contribution in [-0.4, -0.2) is 50.7 Å². The highest BCUT2D eigenvalue weighted by molar-refractivity contribution is 6.29. The van der Waals surface area contributed by atoms with Crippen molar-refractivity contribution in [3.05, 3.63) is 52.8 Å². The van der Waals surface area contributed by atoms with Gasteiger partial charge in [-0.1, -0.05) is 17.7 Å². The smallest absolute Gasteiger partial charge is 0.480 e. The van der Waals surface area contributed by atoms with Crippen LogP contribution in [0.2, 0.25) is 5.15 Å². The molecule has 2 aromatic rings. The zero-order chi connectivity index (χ0) is 23.2. The Morgan fingerprint density at radius 1 is 1.31 bits per heavy atom. The second-order valence-electron chi connectivity index (χ2n) is 7.46. The number of ether oxygens (including phenoxy) is 2. The molecule has 9 nitrogen and oxygen atoms in total. The maximum absolute atomic E-state index is 13.2. The fourth-order valence-corrected chi connectivity index (χ4v) is 3.99. The summed E-state index contributed by atoms with van der Waals surface area (Å²) in [5.74, 6) is -3.01. The number of aliphatic carboxylic acids is 1. The predicted molar refractivity (Wildman–Crippen MR) is 105 cm³/mol. The maximum Gasteiger partial charge on any atom is 0.586 e. The van der Waals surface area contributed by atoms with Crippen LogP contribution in [-0.2, 0) is 16.0 Å². The minimum Gasteiger partial charge on any atom is -0.480 e. The number of carbonyl (C=O) groups is 2. The highest BCUT2D eigenvalue weighted by Crippen LogP contribution is 2.42. The summed E-state index contributed by atoms with van der Waals surface area (Å²) in [5.41, 5.74) is 1.09. The number of nitrogens with one attached hydrogen (secondary N) is 1. The molecule has 0 spiro atoms. The van der Waals surface area contributed by atoms with Gasteiger partial charge in [0.05, 0.1) is 5.92 Å². The number of carboxylic acid groups (broad SMARTS) is 1. The number of β-lactam (4-membered cyclic amide) rings is 1. The number of carbonyl (C=O) groups excluding carboxylic acids is 1. The number of hydrogen-bond acceptors (Lipinski definition) is 7. The van der Waals surface area contributed by atoms with Crippen molar-refractivity contribution in [2.45, 2.75) is 38.1 Å². The van der Waals surface area contributed by atoms with E-state index < -0.39 is 42.5 Å². The quantitative estimate of drug-likeness (QED) is 0.320. The molecule has 3 heterocycles. The van der Waals surface area contributed by atoms with E-state index in [1.54, 1.807) is 13.0 Å². The van der Waals surface area contributed by atoms with Gasteiger partial charge in [0.25, 0.3) is 0 Å². The topological polar surface area (TPSA) is 121 Å². The zero-order valence-electron chi connectivity index (χ0n) is 16.5. The third-order valence-corrected chi connectivity index (χ3v) is 5.55. The number of carboxylic acids is 1. The van der Waals surface area contributed by atoms with Gasteiger partial charge in [0.2, 0.25) is 5.91 Å². The van der Waals surface area contributed by atoms with Crippen molar-refractivity contribution in [3.63, 3.8) is 0 Å². The first-order chi connectivity index (χ1) is 15.1. The molecule has 2 aliphatic rings. The third kappa shape index (κ3) is 4.18. The molecule has 2 aliphatic heterocycles. The normalized spacial score (nSPS) is 22.9. The number of aliphatic hydroxyl groups is 1. The van der Waals surface area contributed by atoms with Crippen LogP contribution in [0.5, 0.6) is 11.5 Å². The number of nitrogens with zero attached hydrogens (tertiary/aromatic N) is 2. The van der Waals surface area contributed by atoms with Crippen molar-refractivity contribution < 1.29 is 38.1 Å². The van der Waals surface area contributed by atoms with Gasteiger partial charge in [-0.3, -0.25) is 15.0 Å². The predicted octanol–water partition coefficient (Wildman–Crippen LogP) is 2.14. The number of rotatable bonds is 7. The van der Waals surface area contributed by atoms with Gasteiger partial charge in [-0.15, -0.1) is 8.78 Å². The Morgan fingerprint density at radius 3 is 2.72 bits per heavy atom. The number of amides is 1. The average molecular weight is 470 g/mol. The first kappa shape index (κ1) is 22.2. The number of alkyl halides is 2. The molecule has 4 rings (SSSR count). The lowest BCUT2D eigenvalue weighted by molar-refractivity contribution is -0.286. The molecule has 0 saturated carbocycles. The number of fused-ring (bicyclic) bond motifs is 1. The second-order valence-corrected chi connectivity index (χ2v) is 7.85. The van der Waals surface area contributed by atoms with E-state index in [2.05, 4.69) is 19.8 Å². The number of pyridine rings is 1. The van der Waals surface area contributed by atoms with E-state index >= 15 is 0 Å². The van der Waals surface area contributed by atoms with Gasteiger partial charge in [0.1, 0.15) is 11.2 Å². The van der Waals surface area contributed by atoms with Gasteiger partial charge in [-0.25, -0.2) is 9.78 Å². The van der Waals surface area contributed by atoms with Crippen LogP contribution >= 0.6 is 11.6 Å². The monoisotopic (exact) mass is 469 g/mol.